The highest BCUT2D eigenvalue weighted by molar-refractivity contribution is 9.10. The average molecular weight is 284 g/mol. The molecule has 0 saturated carbocycles. The minimum Gasteiger partial charge on any atom is -0.233 e. The Bertz CT molecular complexity index is 479. The fourth-order valence-corrected chi connectivity index (χ4v) is 1.99. The monoisotopic (exact) mass is 282 g/mol. The number of hydrogen-bond donors (Lipinski definition) is 0. The van der Waals surface area contributed by atoms with Crippen molar-refractivity contribution in [3.8, 4) is 11.4 Å². The van der Waals surface area contributed by atoms with Crippen LogP contribution >= 0.6 is 27.5 Å². The van der Waals surface area contributed by atoms with E-state index < -0.39 is 0 Å². The van der Waals surface area contributed by atoms with Crippen LogP contribution in [0.5, 0.6) is 0 Å². The van der Waals surface area contributed by atoms with Crippen LogP contribution in [0.3, 0.4) is 0 Å². The van der Waals surface area contributed by atoms with E-state index in [-0.39, 0.29) is 0 Å². The lowest BCUT2D eigenvalue weighted by Gasteiger charge is -2.04. The Balaban J connectivity index is 2.59. The summed E-state index contributed by atoms with van der Waals surface area (Å²) >= 11 is 9.34. The molecule has 1 aromatic carbocycles. The van der Waals surface area contributed by atoms with Crippen LogP contribution in [0.15, 0.2) is 34.8 Å². The lowest BCUT2D eigenvalue weighted by atomic mass is 10.2. The van der Waals surface area contributed by atoms with Gasteiger partial charge in [-0.25, -0.2) is 9.97 Å². The molecule has 0 unspecified atom stereocenters. The third-order valence-corrected chi connectivity index (χ3v) is 2.82. The molecule has 2 aromatic rings. The molecule has 0 fully saturated rings. The molecule has 0 atom stereocenters. The van der Waals surface area contributed by atoms with E-state index in [1.54, 1.807) is 6.07 Å². The number of aryl methyl sites for hydroxylation is 1. The van der Waals surface area contributed by atoms with Crippen LogP contribution in [0.25, 0.3) is 11.4 Å². The van der Waals surface area contributed by atoms with Crippen LogP contribution in [0, 0.1) is 6.92 Å². The molecule has 0 aliphatic carbocycles. The van der Waals surface area contributed by atoms with Gasteiger partial charge in [0.1, 0.15) is 5.15 Å². The van der Waals surface area contributed by atoms with Gasteiger partial charge in [0.25, 0.3) is 0 Å². The van der Waals surface area contributed by atoms with Crippen molar-refractivity contribution in [2.24, 2.45) is 0 Å². The fourth-order valence-electron chi connectivity index (χ4n) is 1.29. The maximum absolute atomic E-state index is 5.89. The minimum absolute atomic E-state index is 0.466. The van der Waals surface area contributed by atoms with Gasteiger partial charge in [0.15, 0.2) is 5.82 Å². The first-order valence-corrected chi connectivity index (χ1v) is 5.60. The summed E-state index contributed by atoms with van der Waals surface area (Å²) in [5, 5.41) is 0.466. The Morgan fingerprint density at radius 2 is 1.93 bits per heavy atom. The Morgan fingerprint density at radius 1 is 1.20 bits per heavy atom. The van der Waals surface area contributed by atoms with Crippen molar-refractivity contribution < 1.29 is 0 Å². The number of halogens is 2. The molecule has 0 radical (unpaired) electrons. The molecule has 4 heteroatoms. The summed E-state index contributed by atoms with van der Waals surface area (Å²) in [5.74, 6) is 0.646. The van der Waals surface area contributed by atoms with E-state index in [1.807, 2.05) is 31.2 Å². The summed E-state index contributed by atoms with van der Waals surface area (Å²) in [6, 6.07) is 9.54. The first kappa shape index (κ1) is 10.6. The second-order valence-electron chi connectivity index (χ2n) is 3.14. The third-order valence-electron chi connectivity index (χ3n) is 1.94. The molecule has 2 nitrogen and oxygen atoms in total. The fraction of sp³-hybridized carbons (Fsp3) is 0.0909. The molecule has 0 aliphatic rings. The quantitative estimate of drug-likeness (QED) is 0.743. The first-order valence-electron chi connectivity index (χ1n) is 4.43. The van der Waals surface area contributed by atoms with Crippen molar-refractivity contribution in [1.29, 1.82) is 0 Å². The van der Waals surface area contributed by atoms with Crippen LogP contribution in [0.4, 0.5) is 0 Å². The Labute approximate surface area is 101 Å². The Kier molecular flexibility index (Phi) is 3.03. The Morgan fingerprint density at radius 3 is 2.60 bits per heavy atom. The molecule has 0 saturated heterocycles. The molecule has 0 amide bonds. The number of nitrogens with zero attached hydrogens (tertiary/aromatic N) is 2. The van der Waals surface area contributed by atoms with Crippen molar-refractivity contribution in [3.05, 3.63) is 45.7 Å². The van der Waals surface area contributed by atoms with Crippen molar-refractivity contribution in [2.45, 2.75) is 6.92 Å². The van der Waals surface area contributed by atoms with Gasteiger partial charge in [-0.2, -0.15) is 0 Å². The second-order valence-corrected chi connectivity index (χ2v) is 4.38. The predicted octanol–water partition coefficient (Wildman–Crippen LogP) is 3.87. The lowest BCUT2D eigenvalue weighted by Crippen LogP contribution is -1.92. The molecular weight excluding hydrogens is 275 g/mol. The average Bonchev–Trinajstić information content (AvgIpc) is 2.16. The molecule has 0 aliphatic heterocycles. The second kappa shape index (κ2) is 4.29. The minimum atomic E-state index is 0.466. The van der Waals surface area contributed by atoms with Gasteiger partial charge >= 0.3 is 0 Å². The zero-order valence-electron chi connectivity index (χ0n) is 8.04. The van der Waals surface area contributed by atoms with Gasteiger partial charge in [-0.1, -0.05) is 45.7 Å². The molecule has 0 spiro atoms. The van der Waals surface area contributed by atoms with Gasteiger partial charge in [-0.15, -0.1) is 0 Å². The highest BCUT2D eigenvalue weighted by Crippen LogP contribution is 2.25. The third kappa shape index (κ3) is 2.36. The smallest absolute Gasteiger partial charge is 0.162 e. The SMILES string of the molecule is Cc1cc(Cl)nc(-c2ccccc2Br)n1. The summed E-state index contributed by atoms with van der Waals surface area (Å²) in [6.07, 6.45) is 0. The summed E-state index contributed by atoms with van der Waals surface area (Å²) in [7, 11) is 0. The highest BCUT2D eigenvalue weighted by atomic mass is 79.9. The van der Waals surface area contributed by atoms with Gasteiger partial charge in [0.05, 0.1) is 0 Å². The van der Waals surface area contributed by atoms with Gasteiger partial charge in [-0.3, -0.25) is 0 Å². The maximum atomic E-state index is 5.89. The van der Waals surface area contributed by atoms with Gasteiger partial charge < -0.3 is 0 Å². The van der Waals surface area contributed by atoms with Crippen LogP contribution in [0.2, 0.25) is 5.15 Å². The summed E-state index contributed by atoms with van der Waals surface area (Å²) < 4.78 is 0.965. The van der Waals surface area contributed by atoms with Crippen molar-refractivity contribution in [1.82, 2.24) is 9.97 Å². The van der Waals surface area contributed by atoms with Gasteiger partial charge in [0.2, 0.25) is 0 Å². The van der Waals surface area contributed by atoms with E-state index in [9.17, 15) is 0 Å². The zero-order chi connectivity index (χ0) is 10.8. The van der Waals surface area contributed by atoms with Crippen LogP contribution in [-0.2, 0) is 0 Å². The van der Waals surface area contributed by atoms with Crippen LogP contribution in [-0.4, -0.2) is 9.97 Å². The lowest BCUT2D eigenvalue weighted by molar-refractivity contribution is 1.11. The molecule has 15 heavy (non-hydrogen) atoms. The molecule has 76 valence electrons. The van der Waals surface area contributed by atoms with E-state index in [2.05, 4.69) is 25.9 Å². The summed E-state index contributed by atoms with van der Waals surface area (Å²) in [5.41, 5.74) is 1.81. The molecule has 1 aromatic heterocycles. The summed E-state index contributed by atoms with van der Waals surface area (Å²) in [6.45, 7) is 1.90. The van der Waals surface area contributed by atoms with Crippen LogP contribution < -0.4 is 0 Å². The molecular formula is C11H8BrClN2. The van der Waals surface area contributed by atoms with Gasteiger partial charge in [0, 0.05) is 15.7 Å². The number of rotatable bonds is 1. The van der Waals surface area contributed by atoms with Crippen LogP contribution in [0.1, 0.15) is 5.69 Å². The van der Waals surface area contributed by atoms with E-state index in [1.165, 1.54) is 0 Å². The molecule has 0 bridgehead atoms. The number of benzene rings is 1. The van der Waals surface area contributed by atoms with Crippen molar-refractivity contribution in [2.75, 3.05) is 0 Å². The maximum Gasteiger partial charge on any atom is 0.162 e. The molecule has 2 rings (SSSR count). The molecule has 1 heterocycles. The largest absolute Gasteiger partial charge is 0.233 e. The number of aromatic nitrogens is 2. The topological polar surface area (TPSA) is 25.8 Å². The zero-order valence-corrected chi connectivity index (χ0v) is 10.4. The van der Waals surface area contributed by atoms with Crippen molar-refractivity contribution >= 4 is 27.5 Å². The molecule has 0 N–H and O–H groups in total. The van der Waals surface area contributed by atoms with E-state index in [4.69, 9.17) is 11.6 Å². The number of hydrogen-bond acceptors (Lipinski definition) is 2. The normalized spacial score (nSPS) is 10.3. The summed E-state index contributed by atoms with van der Waals surface area (Å²) in [4.78, 5) is 8.53. The van der Waals surface area contributed by atoms with E-state index in [0.717, 1.165) is 15.7 Å². The highest BCUT2D eigenvalue weighted by Gasteiger charge is 2.06. The van der Waals surface area contributed by atoms with E-state index in [0.29, 0.717) is 11.0 Å². The van der Waals surface area contributed by atoms with Crippen molar-refractivity contribution in [3.63, 3.8) is 0 Å². The predicted molar refractivity (Wildman–Crippen MR) is 64.9 cm³/mol. The van der Waals surface area contributed by atoms with E-state index >= 15 is 0 Å². The standard InChI is InChI=1S/C11H8BrClN2/c1-7-6-10(13)15-11(14-7)8-4-2-3-5-9(8)12/h2-6H,1H3. The van der Waals surface area contributed by atoms with Gasteiger partial charge in [-0.05, 0) is 19.1 Å². The first-order chi connectivity index (χ1) is 7.16. The Hall–Kier alpha value is -0.930.